The maximum atomic E-state index is 12.9. The SMILES string of the molecule is Cc1ccc(CN2CCN(c3ccc(F)cc3)CC2)s1. The summed E-state index contributed by atoms with van der Waals surface area (Å²) in [6, 6.07) is 11.2. The lowest BCUT2D eigenvalue weighted by Crippen LogP contribution is -2.45. The number of thiophene rings is 1. The molecule has 0 spiro atoms. The summed E-state index contributed by atoms with van der Waals surface area (Å²) in [5.74, 6) is -0.166. The highest BCUT2D eigenvalue weighted by Gasteiger charge is 2.17. The van der Waals surface area contributed by atoms with Gasteiger partial charge >= 0.3 is 0 Å². The van der Waals surface area contributed by atoms with Crippen molar-refractivity contribution in [3.8, 4) is 0 Å². The number of halogens is 1. The maximum absolute atomic E-state index is 12.9. The number of benzene rings is 1. The Balaban J connectivity index is 1.55. The summed E-state index contributed by atoms with van der Waals surface area (Å²) in [4.78, 5) is 7.64. The lowest BCUT2D eigenvalue weighted by atomic mass is 10.2. The molecule has 2 aromatic rings. The molecule has 1 aliphatic rings. The van der Waals surface area contributed by atoms with E-state index >= 15 is 0 Å². The molecule has 0 amide bonds. The van der Waals surface area contributed by atoms with E-state index in [4.69, 9.17) is 0 Å². The molecule has 106 valence electrons. The zero-order valence-corrected chi connectivity index (χ0v) is 12.5. The van der Waals surface area contributed by atoms with Gasteiger partial charge in [-0.25, -0.2) is 4.39 Å². The molecule has 0 radical (unpaired) electrons. The van der Waals surface area contributed by atoms with E-state index < -0.39 is 0 Å². The second-order valence-corrected chi connectivity index (χ2v) is 6.62. The van der Waals surface area contributed by atoms with Gasteiger partial charge < -0.3 is 4.90 Å². The summed E-state index contributed by atoms with van der Waals surface area (Å²) < 4.78 is 12.9. The van der Waals surface area contributed by atoms with Gasteiger partial charge in [-0.3, -0.25) is 4.90 Å². The smallest absolute Gasteiger partial charge is 0.123 e. The quantitative estimate of drug-likeness (QED) is 0.853. The fourth-order valence-corrected chi connectivity index (χ4v) is 3.54. The standard InChI is InChI=1S/C16H19FN2S/c1-13-2-7-16(20-13)12-18-8-10-19(11-9-18)15-5-3-14(17)4-6-15/h2-7H,8-12H2,1H3. The number of rotatable bonds is 3. The third kappa shape index (κ3) is 3.19. The van der Waals surface area contributed by atoms with Crippen LogP contribution in [-0.2, 0) is 6.54 Å². The highest BCUT2D eigenvalue weighted by atomic mass is 32.1. The first-order chi connectivity index (χ1) is 9.70. The fraction of sp³-hybridized carbons (Fsp3) is 0.375. The Hall–Kier alpha value is -1.39. The Kier molecular flexibility index (Phi) is 4.03. The summed E-state index contributed by atoms with van der Waals surface area (Å²) in [6.45, 7) is 7.35. The molecule has 0 aliphatic carbocycles. The lowest BCUT2D eigenvalue weighted by Gasteiger charge is -2.35. The minimum Gasteiger partial charge on any atom is -0.369 e. The van der Waals surface area contributed by atoms with Crippen molar-refractivity contribution in [3.63, 3.8) is 0 Å². The Labute approximate surface area is 123 Å². The molecular weight excluding hydrogens is 271 g/mol. The van der Waals surface area contributed by atoms with Gasteiger partial charge in [0, 0.05) is 48.2 Å². The van der Waals surface area contributed by atoms with Crippen molar-refractivity contribution >= 4 is 17.0 Å². The Morgan fingerprint density at radius 1 is 1.00 bits per heavy atom. The van der Waals surface area contributed by atoms with E-state index in [9.17, 15) is 4.39 Å². The average Bonchev–Trinajstić information content (AvgIpc) is 2.86. The van der Waals surface area contributed by atoms with Crippen LogP contribution in [0, 0.1) is 12.7 Å². The number of nitrogens with zero attached hydrogens (tertiary/aromatic N) is 2. The van der Waals surface area contributed by atoms with Crippen LogP contribution in [-0.4, -0.2) is 31.1 Å². The largest absolute Gasteiger partial charge is 0.369 e. The molecule has 1 aromatic heterocycles. The molecule has 0 atom stereocenters. The Morgan fingerprint density at radius 2 is 1.70 bits per heavy atom. The maximum Gasteiger partial charge on any atom is 0.123 e. The van der Waals surface area contributed by atoms with E-state index in [2.05, 4.69) is 28.9 Å². The molecule has 20 heavy (non-hydrogen) atoms. The van der Waals surface area contributed by atoms with E-state index in [1.54, 1.807) is 0 Å². The van der Waals surface area contributed by atoms with Gasteiger partial charge in [-0.1, -0.05) is 0 Å². The van der Waals surface area contributed by atoms with Crippen molar-refractivity contribution in [2.24, 2.45) is 0 Å². The molecular formula is C16H19FN2S. The molecule has 2 nitrogen and oxygen atoms in total. The van der Waals surface area contributed by atoms with Crippen LogP contribution in [0.15, 0.2) is 36.4 Å². The van der Waals surface area contributed by atoms with Gasteiger partial charge in [0.25, 0.3) is 0 Å². The van der Waals surface area contributed by atoms with Crippen LogP contribution in [0.1, 0.15) is 9.75 Å². The average molecular weight is 290 g/mol. The molecule has 0 N–H and O–H groups in total. The van der Waals surface area contributed by atoms with Crippen molar-refractivity contribution in [2.75, 3.05) is 31.1 Å². The van der Waals surface area contributed by atoms with Gasteiger partial charge in [0.05, 0.1) is 0 Å². The summed E-state index contributed by atoms with van der Waals surface area (Å²) in [7, 11) is 0. The zero-order valence-electron chi connectivity index (χ0n) is 11.7. The summed E-state index contributed by atoms with van der Waals surface area (Å²) in [5, 5.41) is 0. The van der Waals surface area contributed by atoms with Crippen LogP contribution >= 0.6 is 11.3 Å². The van der Waals surface area contributed by atoms with Gasteiger partial charge in [0.1, 0.15) is 5.82 Å². The van der Waals surface area contributed by atoms with Gasteiger partial charge in [-0.15, -0.1) is 11.3 Å². The van der Waals surface area contributed by atoms with E-state index in [0.29, 0.717) is 0 Å². The minimum atomic E-state index is -0.166. The topological polar surface area (TPSA) is 6.48 Å². The van der Waals surface area contributed by atoms with Crippen molar-refractivity contribution in [3.05, 3.63) is 52.0 Å². The number of hydrogen-bond donors (Lipinski definition) is 0. The fourth-order valence-electron chi connectivity index (χ4n) is 2.61. The van der Waals surface area contributed by atoms with E-state index in [0.717, 1.165) is 38.4 Å². The van der Waals surface area contributed by atoms with Gasteiger partial charge in [-0.05, 0) is 43.3 Å². The lowest BCUT2D eigenvalue weighted by molar-refractivity contribution is 0.252. The third-order valence-corrected chi connectivity index (χ3v) is 4.72. The number of hydrogen-bond acceptors (Lipinski definition) is 3. The minimum absolute atomic E-state index is 0.166. The molecule has 0 unspecified atom stereocenters. The second kappa shape index (κ2) is 5.94. The molecule has 4 heteroatoms. The van der Waals surface area contributed by atoms with Crippen LogP contribution in [0.25, 0.3) is 0 Å². The number of piperazine rings is 1. The molecule has 1 aromatic carbocycles. The summed E-state index contributed by atoms with van der Waals surface area (Å²) in [6.07, 6.45) is 0. The zero-order chi connectivity index (χ0) is 13.9. The molecule has 0 bridgehead atoms. The molecule has 1 fully saturated rings. The van der Waals surface area contributed by atoms with E-state index in [1.807, 2.05) is 23.5 Å². The van der Waals surface area contributed by atoms with Crippen molar-refractivity contribution in [1.82, 2.24) is 4.90 Å². The summed E-state index contributed by atoms with van der Waals surface area (Å²) >= 11 is 1.88. The third-order valence-electron chi connectivity index (χ3n) is 3.74. The van der Waals surface area contributed by atoms with Crippen LogP contribution in [0.4, 0.5) is 10.1 Å². The van der Waals surface area contributed by atoms with Crippen molar-refractivity contribution in [1.29, 1.82) is 0 Å². The first-order valence-corrected chi connectivity index (χ1v) is 7.80. The number of aryl methyl sites for hydroxylation is 1. The van der Waals surface area contributed by atoms with Gasteiger partial charge in [0.2, 0.25) is 0 Å². The molecule has 1 saturated heterocycles. The van der Waals surface area contributed by atoms with Crippen molar-refractivity contribution in [2.45, 2.75) is 13.5 Å². The Bertz CT molecular complexity index is 556. The predicted molar refractivity (Wildman–Crippen MR) is 82.9 cm³/mol. The highest BCUT2D eigenvalue weighted by molar-refractivity contribution is 7.11. The first kappa shape index (κ1) is 13.6. The predicted octanol–water partition coefficient (Wildman–Crippen LogP) is 3.52. The monoisotopic (exact) mass is 290 g/mol. The second-order valence-electron chi connectivity index (χ2n) is 5.25. The van der Waals surface area contributed by atoms with E-state index in [-0.39, 0.29) is 5.82 Å². The van der Waals surface area contributed by atoms with Gasteiger partial charge in [0.15, 0.2) is 0 Å². The first-order valence-electron chi connectivity index (χ1n) is 6.99. The molecule has 2 heterocycles. The normalized spacial score (nSPS) is 16.6. The van der Waals surface area contributed by atoms with Crippen LogP contribution < -0.4 is 4.90 Å². The molecule has 1 aliphatic heterocycles. The van der Waals surface area contributed by atoms with Gasteiger partial charge in [-0.2, -0.15) is 0 Å². The van der Waals surface area contributed by atoms with Crippen molar-refractivity contribution < 1.29 is 4.39 Å². The highest BCUT2D eigenvalue weighted by Crippen LogP contribution is 2.20. The number of anilines is 1. The Morgan fingerprint density at radius 3 is 2.30 bits per heavy atom. The summed E-state index contributed by atoms with van der Waals surface area (Å²) in [5.41, 5.74) is 1.12. The van der Waals surface area contributed by atoms with Crippen LogP contribution in [0.5, 0.6) is 0 Å². The van der Waals surface area contributed by atoms with E-state index in [1.165, 1.54) is 21.9 Å². The molecule has 0 saturated carbocycles. The molecule has 3 rings (SSSR count). The van der Waals surface area contributed by atoms with Crippen LogP contribution in [0.3, 0.4) is 0 Å². The van der Waals surface area contributed by atoms with Crippen LogP contribution in [0.2, 0.25) is 0 Å².